The molecule has 2 aromatic heterocycles. The fraction of sp³-hybridized carbons (Fsp3) is 0.500. The van der Waals surface area contributed by atoms with Gasteiger partial charge in [-0.05, 0) is 31.3 Å². The Balaban J connectivity index is 0.00000176. The van der Waals surface area contributed by atoms with E-state index < -0.39 is 0 Å². The van der Waals surface area contributed by atoms with E-state index in [1.807, 2.05) is 0 Å². The average molecular weight is 343 g/mol. The lowest BCUT2D eigenvalue weighted by Gasteiger charge is -2.34. The molecule has 0 saturated carbocycles. The molecule has 1 amide bonds. The smallest absolute Gasteiger partial charge is 0.271 e. The van der Waals surface area contributed by atoms with Crippen LogP contribution in [0, 0.1) is 5.41 Å². The molecule has 0 atom stereocenters. The minimum Gasteiger partial charge on any atom is -0.351 e. The van der Waals surface area contributed by atoms with Crippen molar-refractivity contribution in [2.24, 2.45) is 5.41 Å². The summed E-state index contributed by atoms with van der Waals surface area (Å²) in [5, 5.41) is 7.98. The van der Waals surface area contributed by atoms with E-state index in [9.17, 15) is 9.59 Å². The molecule has 0 radical (unpaired) electrons. The quantitative estimate of drug-likeness (QED) is 0.881. The fourth-order valence-corrected chi connectivity index (χ4v) is 3.25. The molecule has 6 nitrogen and oxygen atoms in total. The van der Waals surface area contributed by atoms with Crippen LogP contribution in [0.15, 0.2) is 22.6 Å². The van der Waals surface area contributed by atoms with Crippen LogP contribution in [-0.4, -0.2) is 34.9 Å². The van der Waals surface area contributed by atoms with E-state index in [2.05, 4.69) is 22.5 Å². The van der Waals surface area contributed by atoms with Gasteiger partial charge in [-0.15, -0.1) is 23.7 Å². The van der Waals surface area contributed by atoms with Gasteiger partial charge in [-0.1, -0.05) is 6.92 Å². The molecule has 0 aliphatic carbocycles. The number of fused-ring (bicyclic) bond motifs is 1. The highest BCUT2D eigenvalue weighted by Crippen LogP contribution is 2.26. The number of hydrogen-bond acceptors (Lipinski definition) is 5. The van der Waals surface area contributed by atoms with Crippen LogP contribution in [0.25, 0.3) is 4.96 Å². The number of carbonyl (C=O) groups is 1. The number of aromatic nitrogens is 2. The van der Waals surface area contributed by atoms with Crippen molar-refractivity contribution in [1.29, 1.82) is 0 Å². The number of carbonyl (C=O) groups excluding carboxylic acids is 1. The average Bonchev–Trinajstić information content (AvgIpc) is 2.95. The van der Waals surface area contributed by atoms with Gasteiger partial charge in [-0.2, -0.15) is 0 Å². The van der Waals surface area contributed by atoms with Crippen molar-refractivity contribution in [3.8, 4) is 0 Å². The van der Waals surface area contributed by atoms with Crippen LogP contribution in [0.3, 0.4) is 0 Å². The van der Waals surface area contributed by atoms with Crippen LogP contribution in [0.4, 0.5) is 0 Å². The molecular formula is C14H19ClN4O2S. The van der Waals surface area contributed by atoms with E-state index in [1.54, 1.807) is 11.6 Å². The van der Waals surface area contributed by atoms with Gasteiger partial charge in [-0.25, -0.2) is 4.98 Å². The summed E-state index contributed by atoms with van der Waals surface area (Å²) >= 11 is 1.37. The second kappa shape index (κ2) is 6.76. The minimum absolute atomic E-state index is 0. The van der Waals surface area contributed by atoms with Gasteiger partial charge in [0.15, 0.2) is 4.96 Å². The number of amides is 1. The van der Waals surface area contributed by atoms with Gasteiger partial charge in [-0.3, -0.25) is 14.0 Å². The Kier molecular flexibility index (Phi) is 5.20. The summed E-state index contributed by atoms with van der Waals surface area (Å²) in [6.45, 7) is 4.69. The number of hydrogen-bond donors (Lipinski definition) is 2. The van der Waals surface area contributed by atoms with Crippen molar-refractivity contribution < 1.29 is 4.79 Å². The maximum atomic E-state index is 12.2. The van der Waals surface area contributed by atoms with Crippen molar-refractivity contribution in [3.05, 3.63) is 33.7 Å². The largest absolute Gasteiger partial charge is 0.351 e. The number of halogens is 1. The second-order valence-electron chi connectivity index (χ2n) is 5.78. The van der Waals surface area contributed by atoms with Crippen molar-refractivity contribution in [2.75, 3.05) is 19.6 Å². The molecule has 8 heteroatoms. The monoisotopic (exact) mass is 342 g/mol. The summed E-state index contributed by atoms with van der Waals surface area (Å²) in [6.07, 6.45) is 5.05. The lowest BCUT2D eigenvalue weighted by Crippen LogP contribution is -2.43. The van der Waals surface area contributed by atoms with Crippen LogP contribution >= 0.6 is 23.7 Å². The molecule has 1 saturated heterocycles. The highest BCUT2D eigenvalue weighted by atomic mass is 35.5. The third kappa shape index (κ3) is 3.31. The SMILES string of the molecule is CC1(CNC(=O)c2cnc3sccn3c2=O)CCNCC1.Cl. The first-order valence-electron chi connectivity index (χ1n) is 7.03. The Hall–Kier alpha value is -1.44. The normalized spacial score (nSPS) is 17.0. The number of rotatable bonds is 3. The van der Waals surface area contributed by atoms with Gasteiger partial charge in [0.2, 0.25) is 0 Å². The zero-order valence-electron chi connectivity index (χ0n) is 12.3. The maximum Gasteiger partial charge on any atom is 0.271 e. The molecule has 1 fully saturated rings. The lowest BCUT2D eigenvalue weighted by atomic mass is 9.81. The van der Waals surface area contributed by atoms with E-state index in [1.165, 1.54) is 21.9 Å². The van der Waals surface area contributed by atoms with Crippen LogP contribution in [0.2, 0.25) is 0 Å². The number of piperidine rings is 1. The van der Waals surface area contributed by atoms with Crippen LogP contribution < -0.4 is 16.2 Å². The summed E-state index contributed by atoms with van der Waals surface area (Å²) in [7, 11) is 0. The first-order chi connectivity index (χ1) is 10.1. The van der Waals surface area contributed by atoms with Crippen molar-refractivity contribution >= 4 is 34.6 Å². The number of nitrogens with zero attached hydrogens (tertiary/aromatic N) is 2. The lowest BCUT2D eigenvalue weighted by molar-refractivity contribution is 0.0920. The number of nitrogens with one attached hydrogen (secondary N) is 2. The van der Waals surface area contributed by atoms with Gasteiger partial charge in [0.05, 0.1) is 0 Å². The van der Waals surface area contributed by atoms with Crippen molar-refractivity contribution in [3.63, 3.8) is 0 Å². The standard InChI is InChI=1S/C14H18N4O2S.ClH/c1-14(2-4-15-5-3-14)9-17-11(19)10-8-16-13-18(12(10)20)6-7-21-13;/h6-8,15H,2-5,9H2,1H3,(H,17,19);1H. The van der Waals surface area contributed by atoms with Crippen molar-refractivity contribution in [1.82, 2.24) is 20.0 Å². The van der Waals surface area contributed by atoms with E-state index in [0.717, 1.165) is 25.9 Å². The van der Waals surface area contributed by atoms with Gasteiger partial charge in [0, 0.05) is 24.3 Å². The Labute approximate surface area is 138 Å². The van der Waals surface area contributed by atoms with Gasteiger partial charge >= 0.3 is 0 Å². The highest BCUT2D eigenvalue weighted by Gasteiger charge is 2.27. The second-order valence-corrected chi connectivity index (χ2v) is 6.65. The van der Waals surface area contributed by atoms with E-state index in [4.69, 9.17) is 0 Å². The summed E-state index contributed by atoms with van der Waals surface area (Å²) in [4.78, 5) is 29.2. The highest BCUT2D eigenvalue weighted by molar-refractivity contribution is 7.15. The van der Waals surface area contributed by atoms with Gasteiger partial charge in [0.25, 0.3) is 11.5 Å². The van der Waals surface area contributed by atoms with Gasteiger partial charge in [0.1, 0.15) is 5.56 Å². The predicted molar refractivity (Wildman–Crippen MR) is 89.1 cm³/mol. The van der Waals surface area contributed by atoms with Crippen LogP contribution in [-0.2, 0) is 0 Å². The molecule has 1 aliphatic rings. The molecule has 0 unspecified atom stereocenters. The summed E-state index contributed by atoms with van der Waals surface area (Å²) in [6, 6.07) is 0. The fourth-order valence-electron chi connectivity index (χ4n) is 2.58. The Morgan fingerprint density at radius 2 is 2.23 bits per heavy atom. The summed E-state index contributed by atoms with van der Waals surface area (Å²) < 4.78 is 1.41. The number of thiazole rings is 1. The molecule has 1 aliphatic heterocycles. The Morgan fingerprint density at radius 3 is 2.95 bits per heavy atom. The molecule has 120 valence electrons. The topological polar surface area (TPSA) is 75.5 Å². The molecular weight excluding hydrogens is 324 g/mol. The van der Waals surface area contributed by atoms with E-state index in [-0.39, 0.29) is 34.9 Å². The molecule has 22 heavy (non-hydrogen) atoms. The zero-order valence-corrected chi connectivity index (χ0v) is 13.9. The molecule has 0 spiro atoms. The molecule has 3 rings (SSSR count). The Bertz CT molecular complexity index is 721. The first-order valence-corrected chi connectivity index (χ1v) is 7.91. The van der Waals surface area contributed by atoms with Crippen molar-refractivity contribution in [2.45, 2.75) is 19.8 Å². The molecule has 2 aromatic rings. The van der Waals surface area contributed by atoms with E-state index in [0.29, 0.717) is 11.5 Å². The molecule has 0 bridgehead atoms. The van der Waals surface area contributed by atoms with E-state index >= 15 is 0 Å². The Morgan fingerprint density at radius 1 is 1.50 bits per heavy atom. The van der Waals surface area contributed by atoms with Crippen LogP contribution in [0.5, 0.6) is 0 Å². The first kappa shape index (κ1) is 16.9. The molecule has 0 aromatic carbocycles. The third-order valence-corrected chi connectivity index (χ3v) is 4.84. The minimum atomic E-state index is -0.340. The molecule has 3 heterocycles. The third-order valence-electron chi connectivity index (χ3n) is 4.07. The predicted octanol–water partition coefficient (Wildman–Crippen LogP) is 1.30. The maximum absolute atomic E-state index is 12.2. The zero-order chi connectivity index (χ0) is 14.9. The van der Waals surface area contributed by atoms with Gasteiger partial charge < -0.3 is 10.6 Å². The summed E-state index contributed by atoms with van der Waals surface area (Å²) in [5.74, 6) is -0.340. The summed E-state index contributed by atoms with van der Waals surface area (Å²) in [5.41, 5.74) is -0.116. The van der Waals surface area contributed by atoms with Crippen LogP contribution in [0.1, 0.15) is 30.1 Å². The molecule has 2 N–H and O–H groups in total.